The number of amides is 2. The molecule has 31 heavy (non-hydrogen) atoms. The molecule has 0 aliphatic heterocycles. The number of hydrogen-bond acceptors (Lipinski definition) is 3. The summed E-state index contributed by atoms with van der Waals surface area (Å²) in [4.78, 5) is 27.3. The molecule has 166 valence electrons. The van der Waals surface area contributed by atoms with Gasteiger partial charge in [-0.25, -0.2) is 4.39 Å². The second-order valence-corrected chi connectivity index (χ2v) is 9.12. The van der Waals surface area contributed by atoms with E-state index in [4.69, 9.17) is 4.74 Å². The summed E-state index contributed by atoms with van der Waals surface area (Å²) in [5, 5.41) is 3.07. The molecule has 2 aromatic rings. The number of benzene rings is 2. The van der Waals surface area contributed by atoms with Crippen LogP contribution in [0.5, 0.6) is 5.75 Å². The van der Waals surface area contributed by atoms with Gasteiger partial charge < -0.3 is 15.0 Å². The molecule has 0 radical (unpaired) electrons. The Hall–Kier alpha value is -2.16. The number of halogens is 2. The van der Waals surface area contributed by atoms with E-state index in [0.29, 0.717) is 11.3 Å². The second kappa shape index (κ2) is 11.5. The maximum Gasteiger partial charge on any atom is 0.261 e. The fourth-order valence-corrected chi connectivity index (χ4v) is 4.08. The molecule has 0 bridgehead atoms. The van der Waals surface area contributed by atoms with Gasteiger partial charge >= 0.3 is 0 Å². The van der Waals surface area contributed by atoms with Gasteiger partial charge in [-0.15, -0.1) is 0 Å². The van der Waals surface area contributed by atoms with Crippen molar-refractivity contribution in [1.29, 1.82) is 0 Å². The van der Waals surface area contributed by atoms with E-state index in [1.807, 2.05) is 12.1 Å². The van der Waals surface area contributed by atoms with Crippen molar-refractivity contribution in [3.8, 4) is 5.75 Å². The van der Waals surface area contributed by atoms with Gasteiger partial charge in [-0.3, -0.25) is 9.59 Å². The van der Waals surface area contributed by atoms with E-state index >= 15 is 0 Å². The molecule has 0 unspecified atom stereocenters. The fourth-order valence-electron chi connectivity index (χ4n) is 3.72. The average molecular weight is 538 g/mol. The summed E-state index contributed by atoms with van der Waals surface area (Å²) in [5.74, 6) is -0.420. The monoisotopic (exact) mass is 538 g/mol. The molecule has 0 heterocycles. The van der Waals surface area contributed by atoms with Gasteiger partial charge in [-0.1, -0.05) is 37.5 Å². The van der Waals surface area contributed by atoms with Crippen molar-refractivity contribution in [3.63, 3.8) is 0 Å². The lowest BCUT2D eigenvalue weighted by atomic mass is 9.95. The van der Waals surface area contributed by atoms with Gasteiger partial charge in [0.05, 0.1) is 0 Å². The van der Waals surface area contributed by atoms with Crippen LogP contribution in [0.4, 0.5) is 4.39 Å². The van der Waals surface area contributed by atoms with Crippen LogP contribution in [0.3, 0.4) is 0 Å². The number of hydrogen-bond donors (Lipinski definition) is 1. The van der Waals surface area contributed by atoms with Gasteiger partial charge in [-0.05, 0) is 72.7 Å². The Labute approximate surface area is 196 Å². The van der Waals surface area contributed by atoms with Crippen molar-refractivity contribution < 1.29 is 18.7 Å². The molecule has 1 saturated carbocycles. The highest BCUT2D eigenvalue weighted by molar-refractivity contribution is 14.1. The molecular formula is C24H28FIN2O3. The van der Waals surface area contributed by atoms with Gasteiger partial charge in [-0.2, -0.15) is 0 Å². The molecule has 0 spiro atoms. The molecular weight excluding hydrogens is 510 g/mol. The van der Waals surface area contributed by atoms with Gasteiger partial charge in [0.1, 0.15) is 17.6 Å². The highest BCUT2D eigenvalue weighted by Gasteiger charge is 2.29. The zero-order valence-electron chi connectivity index (χ0n) is 17.7. The van der Waals surface area contributed by atoms with Crippen LogP contribution in [-0.4, -0.2) is 35.4 Å². The predicted molar refractivity (Wildman–Crippen MR) is 126 cm³/mol. The van der Waals surface area contributed by atoms with E-state index in [9.17, 15) is 14.0 Å². The predicted octanol–water partition coefficient (Wildman–Crippen LogP) is 4.68. The smallest absolute Gasteiger partial charge is 0.261 e. The Balaban J connectivity index is 1.71. The van der Waals surface area contributed by atoms with Crippen molar-refractivity contribution in [2.75, 3.05) is 6.61 Å². The van der Waals surface area contributed by atoms with E-state index in [1.165, 1.54) is 17.4 Å². The van der Waals surface area contributed by atoms with Gasteiger partial charge in [0.25, 0.3) is 5.91 Å². The third kappa shape index (κ3) is 6.92. The van der Waals surface area contributed by atoms with Crippen LogP contribution < -0.4 is 10.1 Å². The molecule has 0 aromatic heterocycles. The molecule has 1 N–H and O–H groups in total. The number of rotatable bonds is 8. The van der Waals surface area contributed by atoms with Crippen LogP contribution in [0.2, 0.25) is 0 Å². The Morgan fingerprint density at radius 3 is 2.48 bits per heavy atom. The number of ether oxygens (including phenoxy) is 1. The molecule has 5 nitrogen and oxygen atoms in total. The Bertz CT molecular complexity index is 885. The molecule has 3 rings (SSSR count). The number of nitrogens with zero attached hydrogens (tertiary/aromatic N) is 1. The quantitative estimate of drug-likeness (QED) is 0.497. The van der Waals surface area contributed by atoms with E-state index in [2.05, 4.69) is 27.9 Å². The molecule has 0 saturated heterocycles. The molecule has 2 aromatic carbocycles. The molecule has 1 aliphatic rings. The first-order chi connectivity index (χ1) is 14.9. The minimum absolute atomic E-state index is 0.000802. The normalized spacial score (nSPS) is 15.2. The standard InChI is InChI=1S/C24H28FIN2O3/c1-17(24(30)27-20-8-3-2-4-9-20)28(15-18-7-5-6-10-22(18)25)23(29)16-31-21-13-11-19(26)12-14-21/h5-7,10-14,17,20H,2-4,8-9,15-16H2,1H3,(H,27,30)/t17-/m1/s1. The minimum Gasteiger partial charge on any atom is -0.484 e. The lowest BCUT2D eigenvalue weighted by molar-refractivity contribution is -0.142. The number of carbonyl (C=O) groups is 2. The van der Waals surface area contributed by atoms with Crippen molar-refractivity contribution in [3.05, 3.63) is 63.5 Å². The van der Waals surface area contributed by atoms with Gasteiger partial charge in [0.15, 0.2) is 6.61 Å². The second-order valence-electron chi connectivity index (χ2n) is 7.88. The topological polar surface area (TPSA) is 58.6 Å². The van der Waals surface area contributed by atoms with Crippen LogP contribution in [0.1, 0.15) is 44.6 Å². The maximum absolute atomic E-state index is 14.3. The average Bonchev–Trinajstić information content (AvgIpc) is 2.78. The Morgan fingerprint density at radius 2 is 1.81 bits per heavy atom. The first kappa shape index (κ1) is 23.5. The van der Waals surface area contributed by atoms with Crippen LogP contribution in [0.25, 0.3) is 0 Å². The van der Waals surface area contributed by atoms with E-state index in [1.54, 1.807) is 37.3 Å². The molecule has 1 atom stereocenters. The third-order valence-corrected chi connectivity index (χ3v) is 6.31. The highest BCUT2D eigenvalue weighted by Crippen LogP contribution is 2.19. The van der Waals surface area contributed by atoms with Crippen molar-refractivity contribution in [1.82, 2.24) is 10.2 Å². The highest BCUT2D eigenvalue weighted by atomic mass is 127. The van der Waals surface area contributed by atoms with Crippen LogP contribution in [-0.2, 0) is 16.1 Å². The largest absolute Gasteiger partial charge is 0.484 e. The summed E-state index contributed by atoms with van der Waals surface area (Å²) < 4.78 is 21.0. The van der Waals surface area contributed by atoms with Crippen molar-refractivity contribution in [2.45, 2.75) is 57.7 Å². The zero-order valence-corrected chi connectivity index (χ0v) is 19.8. The van der Waals surface area contributed by atoms with E-state index in [0.717, 1.165) is 29.3 Å². The number of carbonyl (C=O) groups excluding carboxylic acids is 2. The summed E-state index contributed by atoms with van der Waals surface area (Å²) in [7, 11) is 0. The fraction of sp³-hybridized carbons (Fsp3) is 0.417. The minimum atomic E-state index is -0.741. The molecule has 7 heteroatoms. The lowest BCUT2D eigenvalue weighted by Gasteiger charge is -2.31. The molecule has 1 fully saturated rings. The lowest BCUT2D eigenvalue weighted by Crippen LogP contribution is -2.51. The summed E-state index contributed by atoms with van der Waals surface area (Å²) in [6.45, 7) is 1.46. The summed E-state index contributed by atoms with van der Waals surface area (Å²) in [6, 6.07) is 13.0. The van der Waals surface area contributed by atoms with Crippen LogP contribution in [0.15, 0.2) is 48.5 Å². The van der Waals surface area contributed by atoms with Crippen molar-refractivity contribution in [2.24, 2.45) is 0 Å². The first-order valence-electron chi connectivity index (χ1n) is 10.7. The SMILES string of the molecule is C[C@H](C(=O)NC1CCCCC1)N(Cc1ccccc1F)C(=O)COc1ccc(I)cc1. The summed E-state index contributed by atoms with van der Waals surface area (Å²) >= 11 is 2.19. The van der Waals surface area contributed by atoms with Crippen LogP contribution >= 0.6 is 22.6 Å². The van der Waals surface area contributed by atoms with Gasteiger partial charge in [0, 0.05) is 21.7 Å². The summed E-state index contributed by atoms with van der Waals surface area (Å²) in [6.07, 6.45) is 5.29. The van der Waals surface area contributed by atoms with Crippen LogP contribution in [0, 0.1) is 9.39 Å². The molecule has 1 aliphatic carbocycles. The van der Waals surface area contributed by atoms with Crippen molar-refractivity contribution >= 4 is 34.4 Å². The zero-order chi connectivity index (χ0) is 22.2. The Kier molecular flexibility index (Phi) is 8.69. The van der Waals surface area contributed by atoms with E-state index < -0.39 is 11.9 Å². The molecule has 2 amide bonds. The third-order valence-electron chi connectivity index (χ3n) is 5.59. The summed E-state index contributed by atoms with van der Waals surface area (Å²) in [5.41, 5.74) is 0.363. The van der Waals surface area contributed by atoms with E-state index in [-0.39, 0.29) is 31.0 Å². The maximum atomic E-state index is 14.3. The Morgan fingerprint density at radius 1 is 1.13 bits per heavy atom. The first-order valence-corrected chi connectivity index (χ1v) is 11.7. The van der Waals surface area contributed by atoms with Gasteiger partial charge in [0.2, 0.25) is 5.91 Å². The number of nitrogens with one attached hydrogen (secondary N) is 1.